The van der Waals surface area contributed by atoms with E-state index in [1.807, 2.05) is 26.8 Å². The van der Waals surface area contributed by atoms with Gasteiger partial charge in [0.25, 0.3) is 0 Å². The summed E-state index contributed by atoms with van der Waals surface area (Å²) in [4.78, 5) is 40.8. The molecule has 1 unspecified atom stereocenters. The quantitative estimate of drug-likeness (QED) is 0.421. The monoisotopic (exact) mass is 519 g/mol. The number of Topliss-reactive ketones (excluding diaryl/α,β-unsaturated/α-hetero) is 1. The number of hydrogen-bond donors (Lipinski definition) is 1. The third kappa shape index (κ3) is 3.01. The molecule has 0 spiro atoms. The van der Waals surface area contributed by atoms with Gasteiger partial charge in [0.05, 0.1) is 11.0 Å². The summed E-state index contributed by atoms with van der Waals surface area (Å²) in [5.41, 5.74) is -0.519. The Morgan fingerprint density at radius 2 is 1.66 bits per heavy atom. The Morgan fingerprint density at radius 1 is 1.03 bits per heavy atom. The molecule has 0 heterocycles. The summed E-state index contributed by atoms with van der Waals surface area (Å²) in [6, 6.07) is 2.27. The molecule has 5 rings (SSSR count). The topological polar surface area (TPSA) is 95.2 Å². The average Bonchev–Trinajstić information content (AvgIpc) is 2.82. The number of carboxylic acid groups (broad SMARTS) is 1. The number of nitrogens with zero attached hydrogens (tertiary/aromatic N) is 1. The number of aliphatic carboxylic acids is 1. The van der Waals surface area contributed by atoms with E-state index in [0.717, 1.165) is 36.8 Å². The Morgan fingerprint density at radius 3 is 2.24 bits per heavy atom. The fourth-order valence-corrected chi connectivity index (χ4v) is 10.7. The summed E-state index contributed by atoms with van der Waals surface area (Å²) in [5, 5.41) is 20.7. The molecular formula is C33H45NO4. The van der Waals surface area contributed by atoms with Gasteiger partial charge in [-0.2, -0.15) is 5.26 Å². The first kappa shape index (κ1) is 27.4. The van der Waals surface area contributed by atoms with Gasteiger partial charge in [-0.25, -0.2) is 0 Å². The summed E-state index contributed by atoms with van der Waals surface area (Å²) >= 11 is 0. The first-order valence-corrected chi connectivity index (χ1v) is 14.7. The Balaban J connectivity index is 1.75. The second-order valence-corrected chi connectivity index (χ2v) is 15.3. The van der Waals surface area contributed by atoms with Crippen LogP contribution in [0.15, 0.2) is 22.8 Å². The predicted octanol–water partition coefficient (Wildman–Crippen LogP) is 7.07. The van der Waals surface area contributed by atoms with Gasteiger partial charge in [-0.3, -0.25) is 14.4 Å². The van der Waals surface area contributed by atoms with Crippen LogP contribution in [-0.2, 0) is 14.4 Å². The molecule has 0 bridgehead atoms. The minimum Gasteiger partial charge on any atom is -0.481 e. The summed E-state index contributed by atoms with van der Waals surface area (Å²) < 4.78 is 0. The van der Waals surface area contributed by atoms with Crippen molar-refractivity contribution >= 4 is 17.5 Å². The van der Waals surface area contributed by atoms with Gasteiger partial charge >= 0.3 is 5.97 Å². The highest BCUT2D eigenvalue weighted by Gasteiger charge is 2.71. The van der Waals surface area contributed by atoms with E-state index >= 15 is 0 Å². The van der Waals surface area contributed by atoms with Crippen LogP contribution in [0.25, 0.3) is 0 Å². The lowest BCUT2D eigenvalue weighted by Gasteiger charge is -2.69. The van der Waals surface area contributed by atoms with Crippen LogP contribution < -0.4 is 0 Å². The van der Waals surface area contributed by atoms with Gasteiger partial charge in [0, 0.05) is 16.7 Å². The largest absolute Gasteiger partial charge is 0.481 e. The van der Waals surface area contributed by atoms with Crippen molar-refractivity contribution in [2.24, 2.45) is 50.2 Å². The fourth-order valence-electron chi connectivity index (χ4n) is 10.7. The van der Waals surface area contributed by atoms with Crippen LogP contribution in [0.3, 0.4) is 0 Å². The van der Waals surface area contributed by atoms with Gasteiger partial charge in [-0.15, -0.1) is 0 Å². The molecule has 0 aromatic carbocycles. The third-order valence-electron chi connectivity index (χ3n) is 13.1. The van der Waals surface area contributed by atoms with E-state index in [2.05, 4.69) is 40.7 Å². The Labute approximate surface area is 228 Å². The maximum atomic E-state index is 14.4. The zero-order valence-corrected chi connectivity index (χ0v) is 24.6. The van der Waals surface area contributed by atoms with Crippen LogP contribution in [0.4, 0.5) is 0 Å². The molecule has 5 nitrogen and oxygen atoms in total. The summed E-state index contributed by atoms with van der Waals surface area (Å²) in [6.07, 6.45) is 7.77. The van der Waals surface area contributed by atoms with Gasteiger partial charge < -0.3 is 5.11 Å². The Hall–Kier alpha value is -2.22. The highest BCUT2D eigenvalue weighted by Crippen LogP contribution is 2.75. The van der Waals surface area contributed by atoms with Crippen LogP contribution in [0.2, 0.25) is 0 Å². The summed E-state index contributed by atoms with van der Waals surface area (Å²) in [6.45, 7) is 17.2. The number of carbonyl (C=O) groups excluding carboxylic acids is 2. The number of nitriles is 1. The van der Waals surface area contributed by atoms with Gasteiger partial charge in [0.1, 0.15) is 6.07 Å². The van der Waals surface area contributed by atoms with Crippen molar-refractivity contribution in [1.82, 2.24) is 0 Å². The molecular weight excluding hydrogens is 474 g/mol. The smallest absolute Gasteiger partial charge is 0.309 e. The third-order valence-corrected chi connectivity index (χ3v) is 13.1. The number of hydrogen-bond acceptors (Lipinski definition) is 4. The first-order valence-electron chi connectivity index (χ1n) is 14.7. The fraction of sp³-hybridized carbons (Fsp3) is 0.758. The van der Waals surface area contributed by atoms with Crippen LogP contribution in [0, 0.1) is 61.6 Å². The zero-order valence-electron chi connectivity index (χ0n) is 24.6. The molecule has 0 saturated heterocycles. The van der Waals surface area contributed by atoms with Gasteiger partial charge in [-0.05, 0) is 96.7 Å². The molecule has 3 fully saturated rings. The molecule has 0 aromatic rings. The average molecular weight is 520 g/mol. The van der Waals surface area contributed by atoms with E-state index < -0.39 is 22.2 Å². The van der Waals surface area contributed by atoms with Crippen molar-refractivity contribution < 1.29 is 19.5 Å². The number of fused-ring (bicyclic) bond motifs is 7. The van der Waals surface area contributed by atoms with E-state index in [9.17, 15) is 24.8 Å². The predicted molar refractivity (Wildman–Crippen MR) is 146 cm³/mol. The van der Waals surface area contributed by atoms with E-state index in [-0.39, 0.29) is 51.1 Å². The molecule has 0 amide bonds. The lowest BCUT2D eigenvalue weighted by Crippen LogP contribution is -2.66. The zero-order chi connectivity index (χ0) is 28.3. The lowest BCUT2D eigenvalue weighted by atomic mass is 9.33. The van der Waals surface area contributed by atoms with Crippen molar-refractivity contribution in [3.8, 4) is 6.07 Å². The van der Waals surface area contributed by atoms with E-state index in [4.69, 9.17) is 0 Å². The van der Waals surface area contributed by atoms with Crippen LogP contribution in [0.5, 0.6) is 0 Å². The maximum Gasteiger partial charge on any atom is 0.309 e. The van der Waals surface area contributed by atoms with Crippen LogP contribution in [-0.4, -0.2) is 22.6 Å². The minimum absolute atomic E-state index is 0.00422. The number of allylic oxidation sites excluding steroid dienone is 4. The molecule has 0 radical (unpaired) electrons. The summed E-state index contributed by atoms with van der Waals surface area (Å²) in [5.74, 6) is -1.23. The number of rotatable bonds is 2. The lowest BCUT2D eigenvalue weighted by molar-refractivity contribution is -0.188. The van der Waals surface area contributed by atoms with Crippen molar-refractivity contribution in [2.45, 2.75) is 107 Å². The van der Waals surface area contributed by atoms with Crippen molar-refractivity contribution in [2.75, 3.05) is 0 Å². The summed E-state index contributed by atoms with van der Waals surface area (Å²) in [7, 11) is 0. The molecule has 5 heteroatoms. The Kier molecular flexibility index (Phi) is 5.70. The molecule has 5 aliphatic rings. The van der Waals surface area contributed by atoms with Gasteiger partial charge in [-0.1, -0.05) is 55.4 Å². The number of carboxylic acids is 1. The van der Waals surface area contributed by atoms with Crippen LogP contribution >= 0.6 is 0 Å². The molecule has 5 aliphatic carbocycles. The highest BCUT2D eigenvalue weighted by atomic mass is 16.4. The van der Waals surface area contributed by atoms with E-state index in [1.54, 1.807) is 0 Å². The minimum atomic E-state index is -0.833. The maximum absolute atomic E-state index is 14.4. The van der Waals surface area contributed by atoms with E-state index in [1.165, 1.54) is 0 Å². The second kappa shape index (κ2) is 7.92. The first-order chi connectivity index (χ1) is 17.5. The van der Waals surface area contributed by atoms with Gasteiger partial charge in [0.15, 0.2) is 11.6 Å². The van der Waals surface area contributed by atoms with E-state index in [0.29, 0.717) is 25.7 Å². The molecule has 0 aliphatic heterocycles. The van der Waals surface area contributed by atoms with Crippen molar-refractivity contribution in [3.05, 3.63) is 22.8 Å². The number of carbonyl (C=O) groups is 3. The van der Waals surface area contributed by atoms with Gasteiger partial charge in [0.2, 0.25) is 0 Å². The Bertz CT molecular complexity index is 1250. The standard InChI is InChI=1S/C33H45NO4/c1-9-20-19(18-34)26(36)29(4,5)23-10-11-30(6)24(32(20,23)8)16-22(35)25-21-17-28(2,3)12-14-33(21,27(37)38)15-13-31(25,30)7/h16,21,23,25H,9-15,17H2,1-8H3,(H,37,38)/t21-,23?,25+,30-,31-,32+,33+/m1/s1. The normalized spacial score (nSPS) is 45.1. The molecule has 0 aromatic heterocycles. The SMILES string of the molecule is CCC1=C(C#N)C(=O)C(C)(C)C2CC[C@]3(C)C(=CC(=O)[C@@H]4[C@H]5CC(C)(C)CC[C@]5(C(=O)O)CC[C@]43C)[C@@]12C. The van der Waals surface area contributed by atoms with Crippen LogP contribution in [0.1, 0.15) is 107 Å². The molecule has 206 valence electrons. The molecule has 7 atom stereocenters. The molecule has 3 saturated carbocycles. The highest BCUT2D eigenvalue weighted by molar-refractivity contribution is 6.05. The van der Waals surface area contributed by atoms with Crippen molar-refractivity contribution in [3.63, 3.8) is 0 Å². The molecule has 1 N–H and O–H groups in total. The number of ketones is 2. The van der Waals surface area contributed by atoms with Crippen molar-refractivity contribution in [1.29, 1.82) is 5.26 Å². The second-order valence-electron chi connectivity index (χ2n) is 15.3. The molecule has 38 heavy (non-hydrogen) atoms.